The third kappa shape index (κ3) is 6.67. The van der Waals surface area contributed by atoms with E-state index >= 15 is 0 Å². The van der Waals surface area contributed by atoms with Crippen molar-refractivity contribution in [3.63, 3.8) is 0 Å². The van der Waals surface area contributed by atoms with Gasteiger partial charge in [0.15, 0.2) is 5.82 Å². The van der Waals surface area contributed by atoms with E-state index in [1.807, 2.05) is 36.5 Å². The van der Waals surface area contributed by atoms with Crippen LogP contribution in [-0.4, -0.2) is 71.4 Å². The molecule has 0 bridgehead atoms. The molecule has 0 unspecified atom stereocenters. The molecule has 2 fully saturated rings. The van der Waals surface area contributed by atoms with Crippen molar-refractivity contribution < 1.29 is 14.3 Å². The number of morpholine rings is 1. The molecule has 2 N–H and O–H groups in total. The summed E-state index contributed by atoms with van der Waals surface area (Å²) in [5.74, 6) is 1.06. The van der Waals surface area contributed by atoms with Gasteiger partial charge < -0.3 is 14.8 Å². The number of ether oxygens (including phenoxy) is 2. The molecule has 1 aliphatic carbocycles. The molecule has 2 amide bonds. The van der Waals surface area contributed by atoms with Crippen LogP contribution in [0, 0.1) is 0 Å². The van der Waals surface area contributed by atoms with Gasteiger partial charge in [-0.3, -0.25) is 15.2 Å². The summed E-state index contributed by atoms with van der Waals surface area (Å²) in [4.78, 5) is 28.3. The second-order valence-corrected chi connectivity index (χ2v) is 9.43. The lowest BCUT2D eigenvalue weighted by molar-refractivity contribution is 0.0357. The normalized spacial score (nSPS) is 17.1. The lowest BCUT2D eigenvalue weighted by Crippen LogP contribution is -2.39. The number of amides is 2. The monoisotopic (exact) mass is 490 g/mol. The molecule has 0 atom stereocenters. The van der Waals surface area contributed by atoms with Crippen LogP contribution in [0.3, 0.4) is 0 Å². The van der Waals surface area contributed by atoms with Crippen molar-refractivity contribution in [1.29, 1.82) is 0 Å². The molecule has 3 heterocycles. The van der Waals surface area contributed by atoms with E-state index < -0.39 is 0 Å². The number of carbonyl (C=O) groups is 1. The number of fused-ring (bicyclic) bond motifs is 1. The Kier molecular flexibility index (Phi) is 8.20. The van der Waals surface area contributed by atoms with Crippen LogP contribution >= 0.6 is 0 Å². The molecule has 190 valence electrons. The molecule has 1 saturated carbocycles. The van der Waals surface area contributed by atoms with Gasteiger partial charge >= 0.3 is 6.03 Å². The second kappa shape index (κ2) is 12.1. The van der Waals surface area contributed by atoms with Crippen molar-refractivity contribution in [2.24, 2.45) is 0 Å². The Bertz CT molecular complexity index is 1140. The highest BCUT2D eigenvalue weighted by molar-refractivity contribution is 5.90. The van der Waals surface area contributed by atoms with E-state index in [0.717, 1.165) is 68.8 Å². The van der Waals surface area contributed by atoms with Crippen LogP contribution in [0.25, 0.3) is 22.2 Å². The second-order valence-electron chi connectivity index (χ2n) is 9.43. The lowest BCUT2D eigenvalue weighted by atomic mass is 9.96. The van der Waals surface area contributed by atoms with E-state index in [4.69, 9.17) is 9.47 Å². The van der Waals surface area contributed by atoms with Gasteiger partial charge in [-0.25, -0.2) is 14.8 Å². The Labute approximate surface area is 211 Å². The molecular formula is C27H34N6O3. The maximum atomic E-state index is 12.4. The Balaban J connectivity index is 1.16. The fourth-order valence-corrected chi connectivity index (χ4v) is 4.76. The number of anilines is 1. The number of hydrogen-bond acceptors (Lipinski definition) is 7. The van der Waals surface area contributed by atoms with E-state index in [1.54, 1.807) is 6.20 Å². The summed E-state index contributed by atoms with van der Waals surface area (Å²) in [7, 11) is 0. The van der Waals surface area contributed by atoms with E-state index in [-0.39, 0.29) is 12.1 Å². The zero-order chi connectivity index (χ0) is 24.6. The maximum absolute atomic E-state index is 12.4. The van der Waals surface area contributed by atoms with Gasteiger partial charge in [-0.15, -0.1) is 0 Å². The molecule has 2 aliphatic rings. The number of nitrogens with one attached hydrogen (secondary N) is 2. The van der Waals surface area contributed by atoms with Gasteiger partial charge in [-0.1, -0.05) is 25.3 Å². The van der Waals surface area contributed by atoms with Gasteiger partial charge in [0.05, 0.1) is 37.1 Å². The molecule has 9 heteroatoms. The third-order valence-corrected chi connectivity index (χ3v) is 6.77. The first-order chi connectivity index (χ1) is 17.7. The summed E-state index contributed by atoms with van der Waals surface area (Å²) in [5.41, 5.74) is 3.43. The summed E-state index contributed by atoms with van der Waals surface area (Å²) in [5, 5.41) is 5.88. The number of hydrogen-bond donors (Lipinski definition) is 2. The number of urea groups is 1. The summed E-state index contributed by atoms with van der Waals surface area (Å²) in [6.45, 7) is 5.27. The standard InChI is InChI=1S/C27H34N6O3/c34-27(30-22-5-2-1-3-6-22)32-25-19-28-23-9-7-20(17-24(23)31-25)21-8-10-26(29-18-21)36-14-4-11-33-12-15-35-16-13-33/h7-10,17-19,22H,1-6,11-16H2,(H2,30,31,32,34). The minimum atomic E-state index is -0.226. The fraction of sp³-hybridized carbons (Fsp3) is 0.481. The van der Waals surface area contributed by atoms with Crippen LogP contribution in [0.2, 0.25) is 0 Å². The van der Waals surface area contributed by atoms with Crippen molar-refractivity contribution >= 4 is 22.9 Å². The van der Waals surface area contributed by atoms with Crippen molar-refractivity contribution in [2.45, 2.75) is 44.6 Å². The first kappa shape index (κ1) is 24.4. The zero-order valence-corrected chi connectivity index (χ0v) is 20.6. The molecule has 0 radical (unpaired) electrons. The highest BCUT2D eigenvalue weighted by atomic mass is 16.5. The number of aromatic nitrogens is 3. The summed E-state index contributed by atoms with van der Waals surface area (Å²) >= 11 is 0. The van der Waals surface area contributed by atoms with E-state index in [9.17, 15) is 4.79 Å². The first-order valence-electron chi connectivity index (χ1n) is 13.0. The molecular weight excluding hydrogens is 456 g/mol. The molecule has 0 spiro atoms. The Hall–Kier alpha value is -3.30. The van der Waals surface area contributed by atoms with Crippen LogP contribution in [0.5, 0.6) is 5.88 Å². The largest absolute Gasteiger partial charge is 0.478 e. The molecule has 3 aromatic rings. The number of nitrogens with zero attached hydrogens (tertiary/aromatic N) is 4. The molecule has 36 heavy (non-hydrogen) atoms. The van der Waals surface area contributed by atoms with Gasteiger partial charge in [0, 0.05) is 43.5 Å². The highest BCUT2D eigenvalue weighted by Crippen LogP contribution is 2.24. The number of carbonyl (C=O) groups excluding carboxylic acids is 1. The number of benzene rings is 1. The number of rotatable bonds is 8. The average Bonchev–Trinajstić information content (AvgIpc) is 2.92. The van der Waals surface area contributed by atoms with Gasteiger partial charge in [0.2, 0.25) is 5.88 Å². The van der Waals surface area contributed by atoms with Crippen molar-refractivity contribution in [2.75, 3.05) is 44.8 Å². The summed E-state index contributed by atoms with van der Waals surface area (Å²) in [6, 6.07) is 9.80. The van der Waals surface area contributed by atoms with Crippen LogP contribution in [0.15, 0.2) is 42.7 Å². The third-order valence-electron chi connectivity index (χ3n) is 6.77. The SMILES string of the molecule is O=C(Nc1cnc2ccc(-c3ccc(OCCCN4CCOCC4)nc3)cc2n1)NC1CCCCC1. The van der Waals surface area contributed by atoms with Crippen LogP contribution in [0.1, 0.15) is 38.5 Å². The Morgan fingerprint density at radius 2 is 1.83 bits per heavy atom. The van der Waals surface area contributed by atoms with Crippen LogP contribution in [0.4, 0.5) is 10.6 Å². The quantitative estimate of drug-likeness (QED) is 0.455. The minimum absolute atomic E-state index is 0.226. The molecule has 9 nitrogen and oxygen atoms in total. The van der Waals surface area contributed by atoms with Gasteiger partial charge in [0.25, 0.3) is 0 Å². The molecule has 2 aromatic heterocycles. The van der Waals surface area contributed by atoms with Crippen molar-refractivity contribution in [3.05, 3.63) is 42.7 Å². The maximum Gasteiger partial charge on any atom is 0.320 e. The minimum Gasteiger partial charge on any atom is -0.478 e. The molecule has 1 aromatic carbocycles. The predicted octanol–water partition coefficient (Wildman–Crippen LogP) is 4.25. The Morgan fingerprint density at radius 3 is 2.64 bits per heavy atom. The number of pyridine rings is 1. The van der Waals surface area contributed by atoms with Gasteiger partial charge in [-0.2, -0.15) is 0 Å². The zero-order valence-electron chi connectivity index (χ0n) is 20.6. The van der Waals surface area contributed by atoms with Crippen LogP contribution < -0.4 is 15.4 Å². The topological polar surface area (TPSA) is 102 Å². The van der Waals surface area contributed by atoms with E-state index in [1.165, 1.54) is 19.3 Å². The Morgan fingerprint density at radius 1 is 1.00 bits per heavy atom. The predicted molar refractivity (Wildman–Crippen MR) is 139 cm³/mol. The highest BCUT2D eigenvalue weighted by Gasteiger charge is 2.16. The average molecular weight is 491 g/mol. The first-order valence-corrected chi connectivity index (χ1v) is 13.0. The molecule has 1 aliphatic heterocycles. The van der Waals surface area contributed by atoms with Gasteiger partial charge in [-0.05, 0) is 43.0 Å². The summed E-state index contributed by atoms with van der Waals surface area (Å²) < 4.78 is 11.2. The molecule has 1 saturated heterocycles. The van der Waals surface area contributed by atoms with Crippen molar-refractivity contribution in [3.8, 4) is 17.0 Å². The fourth-order valence-electron chi connectivity index (χ4n) is 4.76. The van der Waals surface area contributed by atoms with E-state index in [2.05, 4.69) is 30.5 Å². The summed E-state index contributed by atoms with van der Waals surface area (Å²) in [6.07, 6.45) is 10.0. The smallest absolute Gasteiger partial charge is 0.320 e. The van der Waals surface area contributed by atoms with Crippen molar-refractivity contribution in [1.82, 2.24) is 25.2 Å². The lowest BCUT2D eigenvalue weighted by Gasteiger charge is -2.26. The van der Waals surface area contributed by atoms with E-state index in [0.29, 0.717) is 23.8 Å². The van der Waals surface area contributed by atoms with Crippen LogP contribution in [-0.2, 0) is 4.74 Å². The van der Waals surface area contributed by atoms with Gasteiger partial charge in [0.1, 0.15) is 0 Å². The molecule has 5 rings (SSSR count).